The number of hydrogen-bond donors (Lipinski definition) is 0. The fourth-order valence-corrected chi connectivity index (χ4v) is 1.73. The molecule has 0 aliphatic carbocycles. The Bertz CT molecular complexity index is 682. The van der Waals surface area contributed by atoms with E-state index in [1.165, 1.54) is 17.1 Å². The molecule has 20 heavy (non-hydrogen) atoms. The predicted octanol–water partition coefficient (Wildman–Crippen LogP) is 2.87. The van der Waals surface area contributed by atoms with Gasteiger partial charge in [0.1, 0.15) is 0 Å². The molecule has 0 N–H and O–H groups in total. The van der Waals surface area contributed by atoms with Crippen molar-refractivity contribution in [2.24, 2.45) is 0 Å². The monoisotopic (exact) mass is 452 g/mol. The molecule has 3 rings (SSSR count). The molecule has 0 bridgehead atoms. The number of carbonyl (C=O) groups is 1. The van der Waals surface area contributed by atoms with Crippen molar-refractivity contribution in [1.82, 2.24) is 9.97 Å². The van der Waals surface area contributed by atoms with Crippen LogP contribution in [0.2, 0.25) is 0 Å². The summed E-state index contributed by atoms with van der Waals surface area (Å²) in [5.74, 6) is 0. The fourth-order valence-electron chi connectivity index (χ4n) is 1.61. The first-order chi connectivity index (χ1) is 9.16. The van der Waals surface area contributed by atoms with Crippen LogP contribution in [-0.2, 0) is 33.7 Å². The van der Waals surface area contributed by atoms with Crippen molar-refractivity contribution in [3.63, 3.8) is 0 Å². The Morgan fingerprint density at radius 1 is 1.25 bits per heavy atom. The number of pyridine rings is 1. The van der Waals surface area contributed by atoms with Crippen molar-refractivity contribution in [1.29, 1.82) is 0 Å². The van der Waals surface area contributed by atoms with Crippen LogP contribution in [0.5, 0.6) is 0 Å². The summed E-state index contributed by atoms with van der Waals surface area (Å²) in [6, 6.07) is 11.6. The molecule has 0 radical (unpaired) electrons. The Balaban J connectivity index is 0.000000192. The fraction of sp³-hybridized carbons (Fsp3) is 0.0667. The summed E-state index contributed by atoms with van der Waals surface area (Å²) in [6.45, 7) is 2.09. The third-order valence-corrected chi connectivity index (χ3v) is 2.78. The van der Waals surface area contributed by atoms with Gasteiger partial charge in [0.25, 0.3) is 0 Å². The van der Waals surface area contributed by atoms with Gasteiger partial charge in [-0.2, -0.15) is 6.20 Å². The molecular formula is C15H12N2OSW. The van der Waals surface area contributed by atoms with Crippen LogP contribution in [0.4, 0.5) is 0 Å². The number of rotatable bonds is 1. The van der Waals surface area contributed by atoms with Gasteiger partial charge in [0, 0.05) is 23.1 Å². The smallest absolute Gasteiger partial charge is 0.737 e. The molecule has 0 fully saturated rings. The second-order valence-electron chi connectivity index (χ2n) is 4.04. The number of aromatic nitrogens is 2. The molecule has 0 amide bonds. The third-order valence-electron chi connectivity index (χ3n) is 2.55. The first-order valence-corrected chi connectivity index (χ1v) is 6.17. The number of benzene rings is 1. The molecule has 0 aliphatic heterocycles. The maximum Gasteiger partial charge on any atom is 2.00 e. The van der Waals surface area contributed by atoms with E-state index in [0.29, 0.717) is 5.56 Å². The van der Waals surface area contributed by atoms with Crippen molar-refractivity contribution >= 4 is 28.6 Å². The van der Waals surface area contributed by atoms with Gasteiger partial charge in [0.2, 0.25) is 0 Å². The van der Waals surface area contributed by atoms with Gasteiger partial charge in [-0.15, -0.1) is 5.52 Å². The van der Waals surface area contributed by atoms with Gasteiger partial charge in [-0.05, 0) is 18.4 Å². The minimum Gasteiger partial charge on any atom is -0.737 e. The SMILES string of the molecule is Cc1ccc2[n-]ccc2c1.O=C([S-])c1cccnc1.[W+2]. The average Bonchev–Trinajstić information content (AvgIpc) is 2.87. The molecule has 0 spiro atoms. The zero-order chi connectivity index (χ0) is 13.7. The van der Waals surface area contributed by atoms with E-state index in [9.17, 15) is 4.79 Å². The predicted molar refractivity (Wildman–Crippen MR) is 77.9 cm³/mol. The first kappa shape index (κ1) is 16.5. The van der Waals surface area contributed by atoms with Crippen LogP contribution in [0.25, 0.3) is 10.9 Å². The van der Waals surface area contributed by atoms with Crippen LogP contribution < -0.4 is 4.98 Å². The van der Waals surface area contributed by atoms with E-state index < -0.39 is 0 Å². The third kappa shape index (κ3) is 4.55. The van der Waals surface area contributed by atoms with Gasteiger partial charge < -0.3 is 22.4 Å². The normalized spacial score (nSPS) is 9.25. The maximum atomic E-state index is 10.4. The van der Waals surface area contributed by atoms with Gasteiger partial charge in [0.05, 0.1) is 0 Å². The van der Waals surface area contributed by atoms with Crippen molar-refractivity contribution in [3.8, 4) is 0 Å². The van der Waals surface area contributed by atoms with E-state index in [2.05, 4.69) is 41.7 Å². The van der Waals surface area contributed by atoms with Gasteiger partial charge in [-0.1, -0.05) is 35.9 Å². The molecule has 3 aromatic rings. The molecule has 2 aromatic heterocycles. The largest absolute Gasteiger partial charge is 2.00 e. The van der Waals surface area contributed by atoms with Gasteiger partial charge >= 0.3 is 21.1 Å². The first-order valence-electron chi connectivity index (χ1n) is 5.76. The summed E-state index contributed by atoms with van der Waals surface area (Å²) in [4.78, 5) is 18.3. The minimum atomic E-state index is -0.358. The van der Waals surface area contributed by atoms with Crippen LogP contribution in [0.1, 0.15) is 15.9 Å². The molecule has 2 heterocycles. The quantitative estimate of drug-likeness (QED) is 0.533. The summed E-state index contributed by atoms with van der Waals surface area (Å²) >= 11 is 4.37. The van der Waals surface area contributed by atoms with Crippen LogP contribution in [0, 0.1) is 6.92 Å². The van der Waals surface area contributed by atoms with Crippen LogP contribution in [-0.4, -0.2) is 10.1 Å². The zero-order valence-electron chi connectivity index (χ0n) is 10.8. The van der Waals surface area contributed by atoms with Gasteiger partial charge in [0.15, 0.2) is 0 Å². The average molecular weight is 452 g/mol. The second-order valence-corrected chi connectivity index (χ2v) is 4.41. The number of fused-ring (bicyclic) bond motifs is 1. The Morgan fingerprint density at radius 3 is 2.65 bits per heavy atom. The summed E-state index contributed by atoms with van der Waals surface area (Å²) in [5.41, 5.74) is 2.86. The molecule has 0 unspecified atom stereocenters. The second kappa shape index (κ2) is 7.93. The maximum absolute atomic E-state index is 10.4. The topological polar surface area (TPSA) is 44.1 Å². The molecule has 5 heteroatoms. The standard InChI is InChI=1S/C9H8N.C6H5NOS.W/c1-7-2-3-9-8(6-7)4-5-10-9;8-6(9)5-2-1-3-7-4-5;/h2-6H,1H3;1-4H,(H,8,9);/q-1;;+2/p-1. The Morgan fingerprint density at radius 2 is 2.05 bits per heavy atom. The summed E-state index contributed by atoms with van der Waals surface area (Å²) in [7, 11) is 0. The van der Waals surface area contributed by atoms with E-state index >= 15 is 0 Å². The number of nitrogens with zero attached hydrogens (tertiary/aromatic N) is 2. The molecule has 100 valence electrons. The van der Waals surface area contributed by atoms with Crippen molar-refractivity contribution < 1.29 is 25.9 Å². The molecular weight excluding hydrogens is 440 g/mol. The minimum absolute atomic E-state index is 0. The van der Waals surface area contributed by atoms with Crippen LogP contribution in [0.15, 0.2) is 55.0 Å². The summed E-state index contributed by atoms with van der Waals surface area (Å²) in [6.07, 6.45) is 4.89. The molecule has 0 aliphatic rings. The number of aryl methyl sites for hydroxylation is 1. The van der Waals surface area contributed by atoms with E-state index in [4.69, 9.17) is 0 Å². The summed E-state index contributed by atoms with van der Waals surface area (Å²) in [5, 5.41) is 0.878. The molecule has 1 aromatic carbocycles. The van der Waals surface area contributed by atoms with Gasteiger partial charge in [-0.3, -0.25) is 4.98 Å². The van der Waals surface area contributed by atoms with Crippen LogP contribution >= 0.6 is 0 Å². The molecule has 0 atom stereocenters. The number of hydrogen-bond acceptors (Lipinski definition) is 3. The van der Waals surface area contributed by atoms with Gasteiger partial charge in [-0.25, -0.2) is 0 Å². The van der Waals surface area contributed by atoms with E-state index in [1.54, 1.807) is 18.3 Å². The zero-order valence-corrected chi connectivity index (χ0v) is 14.6. The Hall–Kier alpha value is -1.51. The summed E-state index contributed by atoms with van der Waals surface area (Å²) < 4.78 is 0. The molecule has 3 nitrogen and oxygen atoms in total. The van der Waals surface area contributed by atoms with E-state index in [0.717, 1.165) is 5.52 Å². The van der Waals surface area contributed by atoms with E-state index in [-0.39, 0.29) is 26.2 Å². The van der Waals surface area contributed by atoms with Crippen molar-refractivity contribution in [3.05, 3.63) is 66.1 Å². The Labute approximate surface area is 137 Å². The molecule has 0 saturated heterocycles. The molecule has 0 saturated carbocycles. The van der Waals surface area contributed by atoms with E-state index in [1.807, 2.05) is 18.3 Å². The Kier molecular flexibility index (Phi) is 6.56. The van der Waals surface area contributed by atoms with Crippen molar-refractivity contribution in [2.75, 3.05) is 0 Å². The van der Waals surface area contributed by atoms with Crippen LogP contribution in [0.3, 0.4) is 0 Å². The van der Waals surface area contributed by atoms with Crippen molar-refractivity contribution in [2.45, 2.75) is 6.92 Å². The number of carbonyl (C=O) groups excluding carboxylic acids is 1.